The van der Waals surface area contributed by atoms with E-state index in [2.05, 4.69) is 26.8 Å². The van der Waals surface area contributed by atoms with Crippen molar-refractivity contribution in [3.05, 3.63) is 65.7 Å². The first-order valence-electron chi connectivity index (χ1n) is 11.3. The van der Waals surface area contributed by atoms with Crippen LogP contribution in [0.3, 0.4) is 0 Å². The number of benzene rings is 1. The number of amides is 1. The minimum atomic E-state index is -0.0272. The van der Waals surface area contributed by atoms with Crippen LogP contribution in [-0.2, 0) is 4.79 Å². The molecule has 0 unspecified atom stereocenters. The van der Waals surface area contributed by atoms with E-state index >= 15 is 0 Å². The first-order valence-corrected chi connectivity index (χ1v) is 11.7. The lowest BCUT2D eigenvalue weighted by Gasteiger charge is -2.31. The zero-order chi connectivity index (χ0) is 24.9. The molecule has 35 heavy (non-hydrogen) atoms. The fraction of sp³-hybridized carbons (Fsp3) is 0.280. The van der Waals surface area contributed by atoms with Crippen LogP contribution in [0.25, 0.3) is 11.0 Å². The summed E-state index contributed by atoms with van der Waals surface area (Å²) in [7, 11) is 0. The topological polar surface area (TPSA) is 133 Å². The van der Waals surface area contributed by atoms with Gasteiger partial charge in [-0.1, -0.05) is 18.2 Å². The van der Waals surface area contributed by atoms with E-state index in [1.807, 2.05) is 17.2 Å². The lowest BCUT2D eigenvalue weighted by Crippen LogP contribution is -2.36. The Hall–Kier alpha value is -3.85. The average Bonchev–Trinajstić information content (AvgIpc) is 3.30. The summed E-state index contributed by atoms with van der Waals surface area (Å²) >= 11 is 6.46. The highest BCUT2D eigenvalue weighted by Crippen LogP contribution is 2.37. The maximum Gasteiger partial charge on any atom is 0.245 e. The van der Waals surface area contributed by atoms with Crippen molar-refractivity contribution in [3.63, 3.8) is 0 Å². The number of nitrogens with zero attached hydrogens (tertiary/aromatic N) is 3. The van der Waals surface area contributed by atoms with E-state index < -0.39 is 0 Å². The number of rotatable bonds is 8. The number of halogens is 1. The van der Waals surface area contributed by atoms with Crippen molar-refractivity contribution in [2.24, 2.45) is 5.73 Å². The van der Waals surface area contributed by atoms with Gasteiger partial charge in [-0.25, -0.2) is 9.97 Å². The monoisotopic (exact) mass is 493 g/mol. The summed E-state index contributed by atoms with van der Waals surface area (Å²) in [6.45, 7) is 6.77. The Balaban J connectivity index is 1.53. The third-order valence-electron chi connectivity index (χ3n) is 6.18. The third-order valence-corrected chi connectivity index (χ3v) is 6.48. The molecule has 3 heterocycles. The maximum atomic E-state index is 11.9. The highest BCUT2D eigenvalue weighted by molar-refractivity contribution is 6.32. The molecular formula is C25H28ClN7O2. The van der Waals surface area contributed by atoms with Crippen LogP contribution >= 0.6 is 11.6 Å². The van der Waals surface area contributed by atoms with Crippen LogP contribution in [0.2, 0.25) is 5.02 Å². The van der Waals surface area contributed by atoms with E-state index in [1.165, 1.54) is 18.6 Å². The third kappa shape index (κ3) is 5.30. The Morgan fingerprint density at radius 2 is 2.17 bits per heavy atom. The van der Waals surface area contributed by atoms with E-state index in [9.17, 15) is 4.79 Å². The quantitative estimate of drug-likeness (QED) is 0.269. The van der Waals surface area contributed by atoms with Gasteiger partial charge >= 0.3 is 0 Å². The predicted molar refractivity (Wildman–Crippen MR) is 139 cm³/mol. The van der Waals surface area contributed by atoms with Gasteiger partial charge in [0, 0.05) is 42.5 Å². The summed E-state index contributed by atoms with van der Waals surface area (Å²) in [6.07, 6.45) is 7.93. The summed E-state index contributed by atoms with van der Waals surface area (Å²) in [6, 6.07) is 5.38. The molecule has 0 atom stereocenters. The van der Waals surface area contributed by atoms with E-state index in [0.29, 0.717) is 41.0 Å². The van der Waals surface area contributed by atoms with E-state index in [1.54, 1.807) is 19.1 Å². The molecular weight excluding hydrogens is 466 g/mol. The normalized spacial score (nSPS) is 14.7. The highest BCUT2D eigenvalue weighted by Gasteiger charge is 2.26. The van der Waals surface area contributed by atoms with E-state index in [-0.39, 0.29) is 18.4 Å². The van der Waals surface area contributed by atoms with Crippen LogP contribution in [0.5, 0.6) is 5.75 Å². The van der Waals surface area contributed by atoms with Crippen molar-refractivity contribution in [1.82, 2.24) is 19.9 Å². The van der Waals surface area contributed by atoms with Crippen molar-refractivity contribution >= 4 is 45.8 Å². The van der Waals surface area contributed by atoms with E-state index in [0.717, 1.165) is 35.1 Å². The molecule has 9 nitrogen and oxygen atoms in total. The van der Waals surface area contributed by atoms with Crippen LogP contribution in [0.1, 0.15) is 31.2 Å². The molecule has 4 rings (SSSR count). The molecule has 1 fully saturated rings. The second kappa shape index (κ2) is 10.6. The number of anilines is 2. The molecule has 0 aliphatic carbocycles. The Kier molecular flexibility index (Phi) is 7.36. The number of carbonyl (C=O) groups is 1. The zero-order valence-corrected chi connectivity index (χ0v) is 20.2. The average molecular weight is 494 g/mol. The first kappa shape index (κ1) is 24.3. The molecule has 0 radical (unpaired) electrons. The number of fused-ring (bicyclic) bond motifs is 1. The SMILES string of the molecule is C=CC(=O)N1CCC(c2c[nH]c3ncnc(Nc4ccc(OC/C(=C/N)C(C)=N)c(Cl)c4)c23)CC1. The summed E-state index contributed by atoms with van der Waals surface area (Å²) in [5, 5.41) is 12.4. The van der Waals surface area contributed by atoms with Gasteiger partial charge < -0.3 is 31.1 Å². The van der Waals surface area contributed by atoms with Crippen LogP contribution in [0, 0.1) is 5.41 Å². The summed E-state index contributed by atoms with van der Waals surface area (Å²) in [4.78, 5) is 25.9. The lowest BCUT2D eigenvalue weighted by molar-refractivity contribution is -0.127. The lowest BCUT2D eigenvalue weighted by atomic mass is 9.89. The second-order valence-corrected chi connectivity index (χ2v) is 8.78. The van der Waals surface area contributed by atoms with Crippen molar-refractivity contribution in [2.75, 3.05) is 25.0 Å². The molecule has 1 aliphatic rings. The Morgan fingerprint density at radius 1 is 1.40 bits per heavy atom. The molecule has 2 aromatic heterocycles. The molecule has 0 bridgehead atoms. The van der Waals surface area contributed by atoms with Gasteiger partial charge in [0.25, 0.3) is 0 Å². The largest absolute Gasteiger partial charge is 0.487 e. The molecule has 1 aliphatic heterocycles. The van der Waals surface area contributed by atoms with Crippen molar-refractivity contribution in [3.8, 4) is 5.75 Å². The number of ether oxygens (including phenoxy) is 1. The van der Waals surface area contributed by atoms with Crippen molar-refractivity contribution < 1.29 is 9.53 Å². The van der Waals surface area contributed by atoms with Gasteiger partial charge in [-0.05, 0) is 55.5 Å². The molecule has 1 saturated heterocycles. The van der Waals surface area contributed by atoms with E-state index in [4.69, 9.17) is 27.5 Å². The number of nitrogens with one attached hydrogen (secondary N) is 3. The number of nitrogens with two attached hydrogens (primary N) is 1. The number of carbonyl (C=O) groups excluding carboxylic acids is 1. The Morgan fingerprint density at radius 3 is 2.83 bits per heavy atom. The second-order valence-electron chi connectivity index (χ2n) is 8.37. The molecule has 3 aromatic rings. The van der Waals surface area contributed by atoms with Crippen LogP contribution < -0.4 is 15.8 Å². The number of H-pyrrole nitrogens is 1. The smallest absolute Gasteiger partial charge is 0.245 e. The number of hydrogen-bond donors (Lipinski definition) is 4. The number of aromatic nitrogens is 3. The van der Waals surface area contributed by atoms with Gasteiger partial charge in [0.15, 0.2) is 0 Å². The molecule has 182 valence electrons. The predicted octanol–water partition coefficient (Wildman–Crippen LogP) is 4.51. The molecule has 0 saturated carbocycles. The standard InChI is InChI=1S/C25H28ClN7O2/c1-3-22(34)33-8-6-16(7-9-33)19-12-29-24-23(19)25(31-14-30-24)32-18-4-5-21(20(26)10-18)35-13-17(11-27)15(2)28/h3-5,10-12,14,16,28H,1,6-9,13,27H2,2H3,(H2,29,30,31,32)/b17-11-,28-15?. The van der Waals surface area contributed by atoms with Crippen molar-refractivity contribution in [2.45, 2.75) is 25.7 Å². The van der Waals surface area contributed by atoms with Gasteiger partial charge in [0.2, 0.25) is 5.91 Å². The van der Waals surface area contributed by atoms with Gasteiger partial charge in [0.05, 0.1) is 10.4 Å². The fourth-order valence-electron chi connectivity index (χ4n) is 4.21. The first-order chi connectivity index (χ1) is 16.9. The summed E-state index contributed by atoms with van der Waals surface area (Å²) in [5.41, 5.74) is 9.11. The number of likely N-dealkylation sites (tertiary alicyclic amines) is 1. The Labute approximate surface area is 208 Å². The molecule has 0 spiro atoms. The summed E-state index contributed by atoms with van der Waals surface area (Å²) < 4.78 is 5.73. The van der Waals surface area contributed by atoms with Gasteiger partial charge in [-0.3, -0.25) is 4.79 Å². The minimum absolute atomic E-state index is 0.0272. The molecule has 1 aromatic carbocycles. The molecule has 1 amide bonds. The molecule has 5 N–H and O–H groups in total. The highest BCUT2D eigenvalue weighted by atomic mass is 35.5. The van der Waals surface area contributed by atoms with Gasteiger partial charge in [-0.15, -0.1) is 0 Å². The Bertz CT molecular complexity index is 1290. The van der Waals surface area contributed by atoms with Gasteiger partial charge in [-0.2, -0.15) is 0 Å². The van der Waals surface area contributed by atoms with Gasteiger partial charge in [0.1, 0.15) is 30.1 Å². The number of aromatic amines is 1. The van der Waals surface area contributed by atoms with Crippen molar-refractivity contribution in [1.29, 1.82) is 5.41 Å². The van der Waals surface area contributed by atoms with Crippen LogP contribution in [-0.4, -0.2) is 51.2 Å². The minimum Gasteiger partial charge on any atom is -0.487 e. The number of piperidine rings is 1. The fourth-order valence-corrected chi connectivity index (χ4v) is 4.45. The maximum absolute atomic E-state index is 11.9. The zero-order valence-electron chi connectivity index (χ0n) is 19.5. The van der Waals surface area contributed by atoms with Crippen LogP contribution in [0.4, 0.5) is 11.5 Å². The van der Waals surface area contributed by atoms with Crippen LogP contribution in [0.15, 0.2) is 55.2 Å². The molecule has 10 heteroatoms. The summed E-state index contributed by atoms with van der Waals surface area (Å²) in [5.74, 6) is 1.42. The number of hydrogen-bond acceptors (Lipinski definition) is 7.